The first-order valence-corrected chi connectivity index (χ1v) is 8.62. The SMILES string of the molecule is CC(=O)N[C@@H](C)C(=O)NCC1Cc2cc(Cl)cc(-c3cnccn3)c2O1. The Labute approximate surface area is 156 Å². The van der Waals surface area contributed by atoms with E-state index < -0.39 is 6.04 Å². The van der Waals surface area contributed by atoms with Gasteiger partial charge in [-0.25, -0.2) is 0 Å². The van der Waals surface area contributed by atoms with Gasteiger partial charge < -0.3 is 15.4 Å². The number of hydrogen-bond acceptors (Lipinski definition) is 5. The van der Waals surface area contributed by atoms with Gasteiger partial charge in [0.15, 0.2) is 0 Å². The zero-order chi connectivity index (χ0) is 18.7. The highest BCUT2D eigenvalue weighted by Gasteiger charge is 2.28. The number of fused-ring (bicyclic) bond motifs is 1. The first-order chi connectivity index (χ1) is 12.4. The summed E-state index contributed by atoms with van der Waals surface area (Å²) in [6, 6.07) is 3.06. The van der Waals surface area contributed by atoms with Crippen LogP contribution in [0.3, 0.4) is 0 Å². The molecule has 0 fully saturated rings. The molecule has 0 aliphatic carbocycles. The maximum Gasteiger partial charge on any atom is 0.242 e. The molecule has 0 spiro atoms. The molecule has 0 radical (unpaired) electrons. The Kier molecular flexibility index (Phi) is 5.37. The zero-order valence-electron chi connectivity index (χ0n) is 14.5. The summed E-state index contributed by atoms with van der Waals surface area (Å²) >= 11 is 6.23. The summed E-state index contributed by atoms with van der Waals surface area (Å²) in [7, 11) is 0. The van der Waals surface area contributed by atoms with Crippen LogP contribution in [0.2, 0.25) is 5.02 Å². The number of rotatable bonds is 5. The summed E-state index contributed by atoms with van der Waals surface area (Å²) in [5.41, 5.74) is 2.42. The van der Waals surface area contributed by atoms with E-state index in [0.717, 1.165) is 11.1 Å². The van der Waals surface area contributed by atoms with Gasteiger partial charge in [0.1, 0.15) is 17.9 Å². The molecule has 2 atom stereocenters. The Morgan fingerprint density at radius 1 is 1.38 bits per heavy atom. The van der Waals surface area contributed by atoms with Gasteiger partial charge >= 0.3 is 0 Å². The number of hydrogen-bond donors (Lipinski definition) is 2. The van der Waals surface area contributed by atoms with Crippen LogP contribution in [0.4, 0.5) is 0 Å². The Hall–Kier alpha value is -2.67. The standard InChI is InChI=1S/C18H19ClN4O3/c1-10(23-11(2)24)18(25)22-8-14-6-12-5-13(19)7-15(17(12)26-14)16-9-20-3-4-21-16/h3-5,7,9-10,14H,6,8H2,1-2H3,(H,22,25)(H,23,24)/t10-,14?/m0/s1. The summed E-state index contributed by atoms with van der Waals surface area (Å²) < 4.78 is 6.03. The molecule has 1 aliphatic rings. The fraction of sp³-hybridized carbons (Fsp3) is 0.333. The van der Waals surface area contributed by atoms with Crippen molar-refractivity contribution in [2.45, 2.75) is 32.4 Å². The summed E-state index contributed by atoms with van der Waals surface area (Å²) in [5, 5.41) is 5.94. The first kappa shape index (κ1) is 18.1. The minimum Gasteiger partial charge on any atom is -0.487 e. The quantitative estimate of drug-likeness (QED) is 0.831. The summed E-state index contributed by atoms with van der Waals surface area (Å²) in [4.78, 5) is 31.5. The van der Waals surface area contributed by atoms with Crippen molar-refractivity contribution in [1.29, 1.82) is 0 Å². The number of carbonyl (C=O) groups excluding carboxylic acids is 2. The lowest BCUT2D eigenvalue weighted by molar-refractivity contribution is -0.127. The molecule has 1 unspecified atom stereocenters. The van der Waals surface area contributed by atoms with Gasteiger partial charge in [-0.1, -0.05) is 11.6 Å². The van der Waals surface area contributed by atoms with Crippen LogP contribution in [0.1, 0.15) is 19.4 Å². The molecular formula is C18H19ClN4O3. The van der Waals surface area contributed by atoms with E-state index in [1.54, 1.807) is 31.6 Å². The predicted molar refractivity (Wildman–Crippen MR) is 96.9 cm³/mol. The van der Waals surface area contributed by atoms with E-state index in [2.05, 4.69) is 20.6 Å². The van der Waals surface area contributed by atoms with Crippen LogP contribution in [-0.4, -0.2) is 40.5 Å². The van der Waals surface area contributed by atoms with Crippen molar-refractivity contribution < 1.29 is 14.3 Å². The van der Waals surface area contributed by atoms with E-state index in [1.807, 2.05) is 6.07 Å². The lowest BCUT2D eigenvalue weighted by atomic mass is 10.0. The Morgan fingerprint density at radius 3 is 2.88 bits per heavy atom. The van der Waals surface area contributed by atoms with Gasteiger partial charge in [0.25, 0.3) is 0 Å². The largest absolute Gasteiger partial charge is 0.487 e. The maximum absolute atomic E-state index is 12.0. The Bertz CT molecular complexity index is 829. The third-order valence-electron chi connectivity index (χ3n) is 4.02. The topological polar surface area (TPSA) is 93.2 Å². The Morgan fingerprint density at radius 2 is 2.19 bits per heavy atom. The van der Waals surface area contributed by atoms with Crippen molar-refractivity contribution in [2.24, 2.45) is 0 Å². The molecule has 2 aromatic rings. The molecule has 8 heteroatoms. The van der Waals surface area contributed by atoms with E-state index in [-0.39, 0.29) is 17.9 Å². The van der Waals surface area contributed by atoms with Crippen LogP contribution in [0, 0.1) is 0 Å². The average Bonchev–Trinajstić information content (AvgIpc) is 3.01. The predicted octanol–water partition coefficient (Wildman–Crippen LogP) is 1.74. The molecule has 1 aromatic carbocycles. The molecule has 1 aromatic heterocycles. The van der Waals surface area contributed by atoms with Gasteiger partial charge in [0, 0.05) is 41.9 Å². The third kappa shape index (κ3) is 4.11. The van der Waals surface area contributed by atoms with E-state index in [4.69, 9.17) is 16.3 Å². The Balaban J connectivity index is 1.69. The van der Waals surface area contributed by atoms with Crippen LogP contribution in [-0.2, 0) is 16.0 Å². The van der Waals surface area contributed by atoms with E-state index in [0.29, 0.717) is 29.4 Å². The summed E-state index contributed by atoms with van der Waals surface area (Å²) in [6.45, 7) is 3.33. The summed E-state index contributed by atoms with van der Waals surface area (Å²) in [6.07, 6.45) is 5.27. The van der Waals surface area contributed by atoms with Crippen molar-refractivity contribution in [3.63, 3.8) is 0 Å². The van der Waals surface area contributed by atoms with Crippen LogP contribution in [0.25, 0.3) is 11.3 Å². The molecule has 26 heavy (non-hydrogen) atoms. The maximum atomic E-state index is 12.0. The number of nitrogens with zero attached hydrogens (tertiary/aromatic N) is 2. The number of halogens is 1. The van der Waals surface area contributed by atoms with Crippen LogP contribution >= 0.6 is 11.6 Å². The minimum absolute atomic E-state index is 0.215. The summed E-state index contributed by atoms with van der Waals surface area (Å²) in [5.74, 6) is 0.205. The number of aromatic nitrogens is 2. The second-order valence-corrected chi connectivity index (χ2v) is 6.58. The van der Waals surface area contributed by atoms with Crippen molar-refractivity contribution in [3.05, 3.63) is 41.3 Å². The van der Waals surface area contributed by atoms with Crippen molar-refractivity contribution in [2.75, 3.05) is 6.54 Å². The zero-order valence-corrected chi connectivity index (χ0v) is 15.2. The van der Waals surface area contributed by atoms with Crippen molar-refractivity contribution in [3.8, 4) is 17.0 Å². The third-order valence-corrected chi connectivity index (χ3v) is 4.24. The van der Waals surface area contributed by atoms with E-state index in [1.165, 1.54) is 6.92 Å². The highest BCUT2D eigenvalue weighted by atomic mass is 35.5. The molecule has 0 saturated carbocycles. The van der Waals surface area contributed by atoms with Crippen molar-refractivity contribution in [1.82, 2.24) is 20.6 Å². The normalized spacial score (nSPS) is 16.3. The molecule has 0 bridgehead atoms. The van der Waals surface area contributed by atoms with Gasteiger partial charge in [-0.3, -0.25) is 19.6 Å². The first-order valence-electron chi connectivity index (χ1n) is 8.24. The lowest BCUT2D eigenvalue weighted by Gasteiger charge is -2.16. The van der Waals surface area contributed by atoms with E-state index in [9.17, 15) is 9.59 Å². The molecule has 136 valence electrons. The van der Waals surface area contributed by atoms with Gasteiger partial charge in [0.05, 0.1) is 18.4 Å². The second kappa shape index (κ2) is 7.70. The van der Waals surface area contributed by atoms with Crippen LogP contribution < -0.4 is 15.4 Å². The molecular weight excluding hydrogens is 356 g/mol. The smallest absolute Gasteiger partial charge is 0.242 e. The van der Waals surface area contributed by atoms with Crippen LogP contribution in [0.5, 0.6) is 5.75 Å². The van der Waals surface area contributed by atoms with Crippen LogP contribution in [0.15, 0.2) is 30.7 Å². The second-order valence-electron chi connectivity index (χ2n) is 6.14. The average molecular weight is 375 g/mol. The minimum atomic E-state index is -0.596. The highest BCUT2D eigenvalue weighted by Crippen LogP contribution is 2.40. The molecule has 2 heterocycles. The fourth-order valence-electron chi connectivity index (χ4n) is 2.87. The molecule has 2 amide bonds. The number of amides is 2. The molecule has 1 aliphatic heterocycles. The molecule has 0 saturated heterocycles. The highest BCUT2D eigenvalue weighted by molar-refractivity contribution is 6.31. The molecule has 7 nitrogen and oxygen atoms in total. The van der Waals surface area contributed by atoms with Gasteiger partial charge in [-0.2, -0.15) is 0 Å². The van der Waals surface area contributed by atoms with E-state index >= 15 is 0 Å². The number of nitrogens with one attached hydrogen (secondary N) is 2. The van der Waals surface area contributed by atoms with Crippen molar-refractivity contribution >= 4 is 23.4 Å². The monoisotopic (exact) mass is 374 g/mol. The number of benzene rings is 1. The number of carbonyl (C=O) groups is 2. The molecule has 3 rings (SSSR count). The fourth-order valence-corrected chi connectivity index (χ4v) is 3.12. The lowest BCUT2D eigenvalue weighted by Crippen LogP contribution is -2.46. The number of ether oxygens (including phenoxy) is 1. The van der Waals surface area contributed by atoms with Gasteiger partial charge in [-0.15, -0.1) is 0 Å². The van der Waals surface area contributed by atoms with Gasteiger partial charge in [0.2, 0.25) is 11.8 Å². The molecule has 2 N–H and O–H groups in total. The van der Waals surface area contributed by atoms with Gasteiger partial charge in [-0.05, 0) is 19.1 Å².